The minimum atomic E-state index is -0.220. The van der Waals surface area contributed by atoms with Crippen LogP contribution < -0.4 is 10.1 Å². The number of hydrogen-bond donors (Lipinski definition) is 1. The van der Waals surface area contributed by atoms with Crippen molar-refractivity contribution in [2.24, 2.45) is 0 Å². The number of anilines is 1. The van der Waals surface area contributed by atoms with Crippen molar-refractivity contribution in [2.45, 2.75) is 13.8 Å². The van der Waals surface area contributed by atoms with Crippen LogP contribution in [0.25, 0.3) is 6.08 Å². The first-order valence-corrected chi connectivity index (χ1v) is 7.28. The van der Waals surface area contributed by atoms with Gasteiger partial charge in [0.05, 0.1) is 17.8 Å². The molecule has 0 atom stereocenters. The van der Waals surface area contributed by atoms with Crippen LogP contribution in [-0.4, -0.2) is 13.0 Å². The molecule has 0 saturated heterocycles. The Morgan fingerprint density at radius 2 is 1.82 bits per heavy atom. The predicted octanol–water partition coefficient (Wildman–Crippen LogP) is 4.62. The first-order valence-electron chi connectivity index (χ1n) is 6.90. The standard InChI is InChI=1S/C18H18ClNO2/c1-12-10-14(22-3)11-13(2)15(12)8-9-18(21)20-17-7-5-4-6-16(17)19/h4-11H,1-3H3,(H,20,21)/b9-8+. The molecule has 0 saturated carbocycles. The molecule has 0 unspecified atom stereocenters. The van der Waals surface area contributed by atoms with Gasteiger partial charge in [0, 0.05) is 6.08 Å². The normalized spacial score (nSPS) is 10.7. The second kappa shape index (κ2) is 7.14. The van der Waals surface area contributed by atoms with Gasteiger partial charge in [0.25, 0.3) is 0 Å². The van der Waals surface area contributed by atoms with Crippen molar-refractivity contribution >= 4 is 29.3 Å². The highest BCUT2D eigenvalue weighted by Crippen LogP contribution is 2.23. The molecule has 0 heterocycles. The number of aryl methyl sites for hydroxylation is 2. The van der Waals surface area contributed by atoms with Crippen molar-refractivity contribution in [3.05, 3.63) is 64.2 Å². The molecule has 4 heteroatoms. The summed E-state index contributed by atoms with van der Waals surface area (Å²) in [6.45, 7) is 3.97. The van der Waals surface area contributed by atoms with Crippen LogP contribution in [0.1, 0.15) is 16.7 Å². The van der Waals surface area contributed by atoms with Crippen LogP contribution in [0.3, 0.4) is 0 Å². The molecule has 0 aliphatic heterocycles. The van der Waals surface area contributed by atoms with Crippen LogP contribution >= 0.6 is 11.6 Å². The number of rotatable bonds is 4. The highest BCUT2D eigenvalue weighted by molar-refractivity contribution is 6.33. The van der Waals surface area contributed by atoms with Gasteiger partial charge in [0.1, 0.15) is 5.75 Å². The minimum absolute atomic E-state index is 0.220. The number of nitrogens with one attached hydrogen (secondary N) is 1. The quantitative estimate of drug-likeness (QED) is 0.836. The van der Waals surface area contributed by atoms with E-state index in [-0.39, 0.29) is 5.91 Å². The molecule has 114 valence electrons. The smallest absolute Gasteiger partial charge is 0.248 e. The summed E-state index contributed by atoms with van der Waals surface area (Å²) in [4.78, 5) is 12.0. The van der Waals surface area contributed by atoms with Gasteiger partial charge in [-0.15, -0.1) is 0 Å². The van der Waals surface area contributed by atoms with Gasteiger partial charge in [0.15, 0.2) is 0 Å². The average molecular weight is 316 g/mol. The first-order chi connectivity index (χ1) is 10.5. The van der Waals surface area contributed by atoms with Crippen LogP contribution in [0.5, 0.6) is 5.75 Å². The third-order valence-corrected chi connectivity index (χ3v) is 3.67. The van der Waals surface area contributed by atoms with Crippen LogP contribution in [0.2, 0.25) is 5.02 Å². The number of ether oxygens (including phenoxy) is 1. The highest BCUT2D eigenvalue weighted by Gasteiger charge is 2.05. The fourth-order valence-corrected chi connectivity index (χ4v) is 2.39. The van der Waals surface area contributed by atoms with E-state index in [1.165, 1.54) is 6.08 Å². The number of amides is 1. The summed E-state index contributed by atoms with van der Waals surface area (Å²) in [5.41, 5.74) is 3.72. The van der Waals surface area contributed by atoms with Crippen molar-refractivity contribution in [3.63, 3.8) is 0 Å². The third-order valence-electron chi connectivity index (χ3n) is 3.34. The van der Waals surface area contributed by atoms with E-state index in [1.54, 1.807) is 25.3 Å². The second-order valence-corrected chi connectivity index (χ2v) is 5.38. The number of carbonyl (C=O) groups excluding carboxylic acids is 1. The van der Waals surface area contributed by atoms with Crippen LogP contribution in [0.15, 0.2) is 42.5 Å². The summed E-state index contributed by atoms with van der Waals surface area (Å²) in [7, 11) is 1.64. The van der Waals surface area contributed by atoms with Gasteiger partial charge in [-0.05, 0) is 60.9 Å². The van der Waals surface area contributed by atoms with E-state index in [4.69, 9.17) is 16.3 Å². The Hall–Kier alpha value is -2.26. The monoisotopic (exact) mass is 315 g/mol. The van der Waals surface area contributed by atoms with E-state index in [0.717, 1.165) is 22.4 Å². The lowest BCUT2D eigenvalue weighted by atomic mass is 10.0. The number of carbonyl (C=O) groups is 1. The largest absolute Gasteiger partial charge is 0.497 e. The first kappa shape index (κ1) is 16.1. The number of benzene rings is 2. The molecule has 0 bridgehead atoms. The average Bonchev–Trinajstić information content (AvgIpc) is 2.48. The fraction of sp³-hybridized carbons (Fsp3) is 0.167. The molecule has 0 aliphatic carbocycles. The zero-order chi connectivity index (χ0) is 16.1. The molecule has 2 aromatic carbocycles. The Morgan fingerprint density at radius 1 is 1.18 bits per heavy atom. The lowest BCUT2D eigenvalue weighted by Gasteiger charge is -2.09. The van der Waals surface area contributed by atoms with E-state index >= 15 is 0 Å². The molecule has 0 aromatic heterocycles. The molecular formula is C18H18ClNO2. The molecule has 22 heavy (non-hydrogen) atoms. The summed E-state index contributed by atoms with van der Waals surface area (Å²) < 4.78 is 5.23. The molecule has 1 amide bonds. The summed E-state index contributed by atoms with van der Waals surface area (Å²) >= 11 is 6.02. The predicted molar refractivity (Wildman–Crippen MR) is 91.6 cm³/mol. The summed E-state index contributed by atoms with van der Waals surface area (Å²) in [5, 5.41) is 3.27. The zero-order valence-electron chi connectivity index (χ0n) is 12.8. The van der Waals surface area contributed by atoms with Gasteiger partial charge < -0.3 is 10.1 Å². The molecule has 0 spiro atoms. The minimum Gasteiger partial charge on any atom is -0.497 e. The maximum Gasteiger partial charge on any atom is 0.248 e. The molecule has 2 rings (SSSR count). The Morgan fingerprint density at radius 3 is 2.41 bits per heavy atom. The lowest BCUT2D eigenvalue weighted by Crippen LogP contribution is -2.08. The maximum absolute atomic E-state index is 12.0. The van der Waals surface area contributed by atoms with E-state index < -0.39 is 0 Å². The second-order valence-electron chi connectivity index (χ2n) is 4.98. The SMILES string of the molecule is COc1cc(C)c(/C=C/C(=O)Nc2ccccc2Cl)c(C)c1. The Labute approximate surface area is 135 Å². The Balaban J connectivity index is 2.15. The molecule has 0 radical (unpaired) electrons. The number of hydrogen-bond acceptors (Lipinski definition) is 2. The zero-order valence-corrected chi connectivity index (χ0v) is 13.6. The van der Waals surface area contributed by atoms with Crippen molar-refractivity contribution in [2.75, 3.05) is 12.4 Å². The lowest BCUT2D eigenvalue weighted by molar-refractivity contribution is -0.111. The Kier molecular flexibility index (Phi) is 5.23. The Bertz CT molecular complexity index is 700. The molecule has 0 fully saturated rings. The van der Waals surface area contributed by atoms with Crippen LogP contribution in [0.4, 0.5) is 5.69 Å². The number of methoxy groups -OCH3 is 1. The molecule has 1 N–H and O–H groups in total. The van der Waals surface area contributed by atoms with Gasteiger partial charge in [-0.1, -0.05) is 23.7 Å². The molecule has 0 aliphatic rings. The third kappa shape index (κ3) is 3.89. The number of para-hydroxylation sites is 1. The molecular weight excluding hydrogens is 298 g/mol. The van der Waals surface area contributed by atoms with E-state index in [0.29, 0.717) is 10.7 Å². The van der Waals surface area contributed by atoms with Gasteiger partial charge in [-0.3, -0.25) is 4.79 Å². The van der Waals surface area contributed by atoms with Crippen molar-refractivity contribution in [1.29, 1.82) is 0 Å². The van der Waals surface area contributed by atoms with Crippen LogP contribution in [-0.2, 0) is 4.79 Å². The number of halogens is 1. The van der Waals surface area contributed by atoms with Gasteiger partial charge in [0.2, 0.25) is 5.91 Å². The van der Waals surface area contributed by atoms with Crippen molar-refractivity contribution in [3.8, 4) is 5.75 Å². The van der Waals surface area contributed by atoms with E-state index in [9.17, 15) is 4.79 Å². The molecule has 2 aromatic rings. The topological polar surface area (TPSA) is 38.3 Å². The van der Waals surface area contributed by atoms with E-state index in [2.05, 4.69) is 5.32 Å². The van der Waals surface area contributed by atoms with Crippen molar-refractivity contribution in [1.82, 2.24) is 0 Å². The summed E-state index contributed by atoms with van der Waals surface area (Å²) in [6.07, 6.45) is 3.31. The molecule has 3 nitrogen and oxygen atoms in total. The van der Waals surface area contributed by atoms with Gasteiger partial charge >= 0.3 is 0 Å². The summed E-state index contributed by atoms with van der Waals surface area (Å²) in [5.74, 6) is 0.593. The van der Waals surface area contributed by atoms with Crippen molar-refractivity contribution < 1.29 is 9.53 Å². The van der Waals surface area contributed by atoms with Crippen LogP contribution in [0, 0.1) is 13.8 Å². The van der Waals surface area contributed by atoms with Gasteiger partial charge in [-0.25, -0.2) is 0 Å². The van der Waals surface area contributed by atoms with E-state index in [1.807, 2.05) is 38.1 Å². The summed E-state index contributed by atoms with van der Waals surface area (Å²) in [6, 6.07) is 11.0. The highest BCUT2D eigenvalue weighted by atomic mass is 35.5. The fourth-order valence-electron chi connectivity index (χ4n) is 2.21. The maximum atomic E-state index is 12.0. The van der Waals surface area contributed by atoms with Gasteiger partial charge in [-0.2, -0.15) is 0 Å².